The molecule has 3 aromatic rings. The van der Waals surface area contributed by atoms with Crippen LogP contribution in [-0.2, 0) is 12.7 Å². The highest BCUT2D eigenvalue weighted by molar-refractivity contribution is 6.03. The van der Waals surface area contributed by atoms with Gasteiger partial charge in [0.2, 0.25) is 0 Å². The Morgan fingerprint density at radius 2 is 2.06 bits per heavy atom. The fraction of sp³-hybridized carbons (Fsp3) is 0.350. The summed E-state index contributed by atoms with van der Waals surface area (Å²) in [5.74, 6) is 0.129. The lowest BCUT2D eigenvalue weighted by atomic mass is 10.1. The SMILES string of the molecule is CC1CN(Cc2c[nH]nc2C(=O)Nc2n[nH]cc2C#N)CCN1c1ccc(C(F)(F)F)cn1. The third kappa shape index (κ3) is 4.80. The van der Waals surface area contributed by atoms with Crippen molar-refractivity contribution in [3.8, 4) is 6.07 Å². The summed E-state index contributed by atoms with van der Waals surface area (Å²) in [5.41, 5.74) is 0.304. The molecule has 13 heteroatoms. The number of piperazine rings is 1. The van der Waals surface area contributed by atoms with Gasteiger partial charge < -0.3 is 10.2 Å². The van der Waals surface area contributed by atoms with E-state index < -0.39 is 17.6 Å². The van der Waals surface area contributed by atoms with E-state index >= 15 is 0 Å². The van der Waals surface area contributed by atoms with Gasteiger partial charge in [0.05, 0.1) is 5.56 Å². The summed E-state index contributed by atoms with van der Waals surface area (Å²) < 4.78 is 38.4. The second kappa shape index (κ2) is 8.91. The highest BCUT2D eigenvalue weighted by atomic mass is 19.4. The van der Waals surface area contributed by atoms with Gasteiger partial charge in [0.1, 0.15) is 17.5 Å². The van der Waals surface area contributed by atoms with Crippen molar-refractivity contribution < 1.29 is 18.0 Å². The molecule has 1 fully saturated rings. The van der Waals surface area contributed by atoms with Crippen LogP contribution in [0.25, 0.3) is 0 Å². The molecule has 1 aliphatic rings. The van der Waals surface area contributed by atoms with Crippen molar-refractivity contribution in [3.63, 3.8) is 0 Å². The standard InChI is InChI=1S/C20H20F3N9O/c1-12-10-31(4-5-32(12)16-3-2-15(9-25-16)20(21,22)23)11-14-8-26-29-17(14)19(33)28-18-13(6-24)7-27-30-18/h2-3,7-9,12H,4-5,10-11H2,1H3,(H,26,29)(H2,27,28,30,33). The number of carbonyl (C=O) groups excluding carboxylic acids is 1. The number of nitriles is 1. The average Bonchev–Trinajstić information content (AvgIpc) is 3.42. The van der Waals surface area contributed by atoms with Crippen LogP contribution in [0.15, 0.2) is 30.7 Å². The van der Waals surface area contributed by atoms with Gasteiger partial charge in [-0.25, -0.2) is 4.98 Å². The molecule has 1 aliphatic heterocycles. The molecule has 0 saturated carbocycles. The maximum Gasteiger partial charge on any atom is 0.417 e. The van der Waals surface area contributed by atoms with Gasteiger partial charge in [-0.2, -0.15) is 28.6 Å². The Kier molecular flexibility index (Phi) is 6.01. The summed E-state index contributed by atoms with van der Waals surface area (Å²) in [5, 5.41) is 24.7. The number of H-pyrrole nitrogens is 2. The highest BCUT2D eigenvalue weighted by Crippen LogP contribution is 2.30. The van der Waals surface area contributed by atoms with Gasteiger partial charge in [0.25, 0.3) is 5.91 Å². The highest BCUT2D eigenvalue weighted by Gasteiger charge is 2.32. The molecule has 0 aliphatic carbocycles. The number of alkyl halides is 3. The normalized spacial score (nSPS) is 17.1. The van der Waals surface area contributed by atoms with E-state index in [0.29, 0.717) is 37.6 Å². The number of amides is 1. The number of hydrogen-bond donors (Lipinski definition) is 3. The predicted octanol–water partition coefficient (Wildman–Crippen LogP) is 2.38. The molecule has 1 amide bonds. The molecule has 3 N–H and O–H groups in total. The lowest BCUT2D eigenvalue weighted by Gasteiger charge is -2.40. The molecular formula is C20H20F3N9O. The first-order valence-electron chi connectivity index (χ1n) is 10.1. The number of carbonyl (C=O) groups is 1. The second-order valence-corrected chi connectivity index (χ2v) is 7.65. The lowest BCUT2D eigenvalue weighted by molar-refractivity contribution is -0.137. The second-order valence-electron chi connectivity index (χ2n) is 7.65. The molecule has 33 heavy (non-hydrogen) atoms. The van der Waals surface area contributed by atoms with Crippen molar-refractivity contribution in [2.24, 2.45) is 0 Å². The minimum absolute atomic E-state index is 0.00518. The Hall–Kier alpha value is -3.92. The monoisotopic (exact) mass is 459 g/mol. The van der Waals surface area contributed by atoms with Crippen molar-refractivity contribution in [1.82, 2.24) is 30.3 Å². The zero-order valence-corrected chi connectivity index (χ0v) is 17.5. The van der Waals surface area contributed by atoms with Crippen LogP contribution in [-0.4, -0.2) is 61.9 Å². The van der Waals surface area contributed by atoms with E-state index in [0.717, 1.165) is 12.3 Å². The van der Waals surface area contributed by atoms with Crippen molar-refractivity contribution in [1.29, 1.82) is 5.26 Å². The Morgan fingerprint density at radius 3 is 2.73 bits per heavy atom. The van der Waals surface area contributed by atoms with Gasteiger partial charge in [-0.1, -0.05) is 0 Å². The van der Waals surface area contributed by atoms with Crippen molar-refractivity contribution in [3.05, 3.63) is 53.1 Å². The van der Waals surface area contributed by atoms with Gasteiger partial charge in [-0.15, -0.1) is 0 Å². The molecule has 10 nitrogen and oxygen atoms in total. The molecule has 172 valence electrons. The molecule has 1 saturated heterocycles. The molecule has 0 spiro atoms. The van der Waals surface area contributed by atoms with Crippen LogP contribution in [0.2, 0.25) is 0 Å². The lowest BCUT2D eigenvalue weighted by Crippen LogP contribution is -2.52. The number of anilines is 2. The van der Waals surface area contributed by atoms with E-state index in [4.69, 9.17) is 5.26 Å². The number of rotatable bonds is 5. The third-order valence-electron chi connectivity index (χ3n) is 5.40. The largest absolute Gasteiger partial charge is 0.417 e. The predicted molar refractivity (Wildman–Crippen MR) is 111 cm³/mol. The maximum atomic E-state index is 12.8. The van der Waals surface area contributed by atoms with Gasteiger partial charge in [-0.05, 0) is 19.1 Å². The number of aromatic amines is 2. The van der Waals surface area contributed by atoms with Crippen LogP contribution < -0.4 is 10.2 Å². The quantitative estimate of drug-likeness (QED) is 0.534. The van der Waals surface area contributed by atoms with Crippen LogP contribution in [0.4, 0.5) is 24.8 Å². The van der Waals surface area contributed by atoms with E-state index in [1.54, 1.807) is 6.20 Å². The minimum atomic E-state index is -4.42. The van der Waals surface area contributed by atoms with Crippen molar-refractivity contribution >= 4 is 17.5 Å². The van der Waals surface area contributed by atoms with Gasteiger partial charge in [0.15, 0.2) is 11.5 Å². The number of pyridine rings is 1. The zero-order valence-electron chi connectivity index (χ0n) is 17.5. The first kappa shape index (κ1) is 22.3. The number of aromatic nitrogens is 5. The number of nitrogens with zero attached hydrogens (tertiary/aromatic N) is 6. The molecular weight excluding hydrogens is 439 g/mol. The molecule has 4 heterocycles. The van der Waals surface area contributed by atoms with E-state index in [2.05, 4.69) is 35.6 Å². The Labute approximate surface area is 186 Å². The molecule has 1 atom stereocenters. The van der Waals surface area contributed by atoms with Crippen LogP contribution in [0.1, 0.15) is 34.1 Å². The first-order chi connectivity index (χ1) is 15.8. The van der Waals surface area contributed by atoms with E-state index in [1.165, 1.54) is 12.3 Å². The van der Waals surface area contributed by atoms with Crippen LogP contribution in [0, 0.1) is 11.3 Å². The molecule has 1 unspecified atom stereocenters. The fourth-order valence-electron chi connectivity index (χ4n) is 3.75. The van der Waals surface area contributed by atoms with E-state index in [9.17, 15) is 18.0 Å². The van der Waals surface area contributed by atoms with Crippen molar-refractivity contribution in [2.45, 2.75) is 25.7 Å². The Morgan fingerprint density at radius 1 is 1.27 bits per heavy atom. The van der Waals surface area contributed by atoms with Gasteiger partial charge >= 0.3 is 6.18 Å². The molecule has 0 radical (unpaired) electrons. The summed E-state index contributed by atoms with van der Waals surface area (Å²) in [4.78, 5) is 20.7. The summed E-state index contributed by atoms with van der Waals surface area (Å²) in [7, 11) is 0. The number of hydrogen-bond acceptors (Lipinski definition) is 7. The Bertz CT molecular complexity index is 1160. The summed E-state index contributed by atoms with van der Waals surface area (Å²) in [6, 6.07) is 4.35. The van der Waals surface area contributed by atoms with Crippen LogP contribution in [0.5, 0.6) is 0 Å². The smallest absolute Gasteiger partial charge is 0.351 e. The summed E-state index contributed by atoms with van der Waals surface area (Å²) in [6.07, 6.45) is -0.549. The Balaban J connectivity index is 1.39. The fourth-order valence-corrected chi connectivity index (χ4v) is 3.75. The molecule has 4 rings (SSSR count). The topological polar surface area (TPSA) is 130 Å². The summed E-state index contributed by atoms with van der Waals surface area (Å²) >= 11 is 0. The van der Waals surface area contributed by atoms with Crippen LogP contribution >= 0.6 is 0 Å². The molecule has 3 aromatic heterocycles. The van der Waals surface area contributed by atoms with Gasteiger partial charge in [-0.3, -0.25) is 19.9 Å². The number of halogens is 3. The zero-order chi connectivity index (χ0) is 23.6. The summed E-state index contributed by atoms with van der Waals surface area (Å²) in [6.45, 7) is 4.22. The average molecular weight is 459 g/mol. The van der Waals surface area contributed by atoms with Gasteiger partial charge in [0, 0.05) is 56.4 Å². The maximum absolute atomic E-state index is 12.8. The number of nitrogens with one attached hydrogen (secondary N) is 3. The van der Waals surface area contributed by atoms with Crippen molar-refractivity contribution in [2.75, 3.05) is 29.9 Å². The first-order valence-corrected chi connectivity index (χ1v) is 10.1. The minimum Gasteiger partial charge on any atom is -0.351 e. The van der Waals surface area contributed by atoms with Crippen LogP contribution in [0.3, 0.4) is 0 Å². The molecule has 0 bridgehead atoms. The van der Waals surface area contributed by atoms with E-state index in [-0.39, 0.29) is 23.1 Å². The molecule has 0 aromatic carbocycles. The van der Waals surface area contributed by atoms with E-state index in [1.807, 2.05) is 17.9 Å². The third-order valence-corrected chi connectivity index (χ3v) is 5.40.